The Balaban J connectivity index is 2.44. The maximum absolute atomic E-state index is 12.4. The predicted molar refractivity (Wildman–Crippen MR) is 79.6 cm³/mol. The maximum Gasteiger partial charge on any atom is 0.231 e. The summed E-state index contributed by atoms with van der Waals surface area (Å²) in [4.78, 5) is 24.2. The first-order valence-electron chi connectivity index (χ1n) is 7.36. The summed E-state index contributed by atoms with van der Waals surface area (Å²) < 4.78 is 10.6. The van der Waals surface area contributed by atoms with Gasteiger partial charge in [0.05, 0.1) is 11.5 Å². The van der Waals surface area contributed by atoms with Crippen molar-refractivity contribution in [3.63, 3.8) is 0 Å². The fourth-order valence-corrected chi connectivity index (χ4v) is 2.79. The van der Waals surface area contributed by atoms with Gasteiger partial charge in [0.1, 0.15) is 0 Å². The molecule has 0 saturated carbocycles. The van der Waals surface area contributed by atoms with Gasteiger partial charge in [0.15, 0.2) is 17.3 Å². The summed E-state index contributed by atoms with van der Waals surface area (Å²) in [6, 6.07) is 7.43. The van der Waals surface area contributed by atoms with Crippen LogP contribution < -0.4 is 9.47 Å². The highest BCUT2D eigenvalue weighted by Gasteiger charge is 2.42. The molecule has 0 aliphatic carbocycles. The fourth-order valence-electron chi connectivity index (χ4n) is 2.79. The Morgan fingerprint density at radius 1 is 1.32 bits per heavy atom. The highest BCUT2D eigenvalue weighted by molar-refractivity contribution is 6.38. The summed E-state index contributed by atoms with van der Waals surface area (Å²) in [7, 11) is 0. The second-order valence-corrected chi connectivity index (χ2v) is 5.48. The Kier molecular flexibility index (Phi) is 4.51. The lowest BCUT2D eigenvalue weighted by atomic mass is 9.69. The Labute approximate surface area is 129 Å². The highest BCUT2D eigenvalue weighted by Crippen LogP contribution is 2.40. The summed E-state index contributed by atoms with van der Waals surface area (Å²) >= 11 is 0. The van der Waals surface area contributed by atoms with Gasteiger partial charge in [0.25, 0.3) is 0 Å². The number of Topliss-reactive ketones (excluding diaryl/α,β-unsaturated/α-hetero) is 2. The standard InChI is InChI=1S/C17H19NO4/c1-4-12(16(20)13(19)5-2)17(3,9-18)11-6-7-14-15(8-11)22-10-21-14/h6-8,12H,4-5,10H2,1-3H3. The Morgan fingerprint density at radius 2 is 2.00 bits per heavy atom. The van der Waals surface area contributed by atoms with Gasteiger partial charge in [-0.05, 0) is 31.0 Å². The molecule has 1 aromatic carbocycles. The third-order valence-electron chi connectivity index (χ3n) is 4.22. The molecule has 0 bridgehead atoms. The molecule has 0 spiro atoms. The zero-order valence-electron chi connectivity index (χ0n) is 13.0. The molecule has 5 nitrogen and oxygen atoms in total. The molecule has 116 valence electrons. The number of nitrogens with zero attached hydrogens (tertiary/aromatic N) is 1. The first-order chi connectivity index (χ1) is 10.5. The van der Waals surface area contributed by atoms with E-state index in [0.717, 1.165) is 0 Å². The summed E-state index contributed by atoms with van der Waals surface area (Å²) in [5.74, 6) is -0.415. The molecular weight excluding hydrogens is 282 g/mol. The molecule has 0 N–H and O–H groups in total. The molecule has 0 saturated heterocycles. The lowest BCUT2D eigenvalue weighted by Crippen LogP contribution is -2.39. The smallest absolute Gasteiger partial charge is 0.231 e. The van der Waals surface area contributed by atoms with Gasteiger partial charge in [-0.3, -0.25) is 9.59 Å². The number of hydrogen-bond donors (Lipinski definition) is 0. The molecule has 1 aliphatic rings. The van der Waals surface area contributed by atoms with Crippen molar-refractivity contribution >= 4 is 11.6 Å². The number of ether oxygens (including phenoxy) is 2. The Bertz CT molecular complexity index is 647. The number of hydrogen-bond acceptors (Lipinski definition) is 5. The topological polar surface area (TPSA) is 76.4 Å². The van der Waals surface area contributed by atoms with Crippen molar-refractivity contribution in [2.45, 2.75) is 39.0 Å². The molecule has 22 heavy (non-hydrogen) atoms. The molecule has 2 rings (SSSR count). The van der Waals surface area contributed by atoms with Crippen LogP contribution in [0.25, 0.3) is 0 Å². The Morgan fingerprint density at radius 3 is 2.59 bits per heavy atom. The molecule has 0 aromatic heterocycles. The van der Waals surface area contributed by atoms with Gasteiger partial charge in [0.2, 0.25) is 12.6 Å². The molecule has 5 heteroatoms. The lowest BCUT2D eigenvalue weighted by Gasteiger charge is -2.30. The van der Waals surface area contributed by atoms with Crippen LogP contribution in [0.2, 0.25) is 0 Å². The van der Waals surface area contributed by atoms with Crippen LogP contribution in [0.15, 0.2) is 18.2 Å². The van der Waals surface area contributed by atoms with E-state index in [2.05, 4.69) is 6.07 Å². The molecular formula is C17H19NO4. The normalized spacial score (nSPS) is 16.5. The van der Waals surface area contributed by atoms with Crippen molar-refractivity contribution in [1.29, 1.82) is 5.26 Å². The largest absolute Gasteiger partial charge is 0.454 e. The van der Waals surface area contributed by atoms with E-state index in [4.69, 9.17) is 9.47 Å². The lowest BCUT2D eigenvalue weighted by molar-refractivity contribution is -0.139. The van der Waals surface area contributed by atoms with Gasteiger partial charge in [0, 0.05) is 12.3 Å². The summed E-state index contributed by atoms with van der Waals surface area (Å²) in [5, 5.41) is 9.71. The molecule has 1 heterocycles. The second-order valence-electron chi connectivity index (χ2n) is 5.48. The fraction of sp³-hybridized carbons (Fsp3) is 0.471. The molecule has 0 radical (unpaired) electrons. The maximum atomic E-state index is 12.4. The molecule has 2 atom stereocenters. The van der Waals surface area contributed by atoms with E-state index >= 15 is 0 Å². The zero-order chi connectivity index (χ0) is 16.3. The van der Waals surface area contributed by atoms with Gasteiger partial charge in [-0.2, -0.15) is 5.26 Å². The first-order valence-corrected chi connectivity index (χ1v) is 7.36. The van der Waals surface area contributed by atoms with E-state index in [0.29, 0.717) is 23.5 Å². The van der Waals surface area contributed by atoms with Crippen LogP contribution in [0, 0.1) is 17.2 Å². The van der Waals surface area contributed by atoms with Crippen LogP contribution in [-0.2, 0) is 15.0 Å². The number of benzene rings is 1. The summed E-state index contributed by atoms with van der Waals surface area (Å²) in [5.41, 5.74) is -0.430. The van der Waals surface area contributed by atoms with Gasteiger partial charge in [-0.1, -0.05) is 19.9 Å². The monoisotopic (exact) mass is 301 g/mol. The second kappa shape index (κ2) is 6.18. The number of rotatable bonds is 6. The van der Waals surface area contributed by atoms with Crippen molar-refractivity contribution in [1.82, 2.24) is 0 Å². The summed E-state index contributed by atoms with van der Waals surface area (Å²) in [6.45, 7) is 5.30. The van der Waals surface area contributed by atoms with Crippen molar-refractivity contribution in [2.24, 2.45) is 5.92 Å². The van der Waals surface area contributed by atoms with E-state index in [1.807, 2.05) is 6.92 Å². The van der Waals surface area contributed by atoms with Gasteiger partial charge < -0.3 is 9.47 Å². The number of ketones is 2. The summed E-state index contributed by atoms with van der Waals surface area (Å²) in [6.07, 6.45) is 0.570. The average molecular weight is 301 g/mol. The van der Waals surface area contributed by atoms with Crippen molar-refractivity contribution in [2.75, 3.05) is 6.79 Å². The quantitative estimate of drug-likeness (QED) is 0.755. The van der Waals surface area contributed by atoms with Crippen LogP contribution in [0.3, 0.4) is 0 Å². The van der Waals surface area contributed by atoms with Gasteiger partial charge in [-0.25, -0.2) is 0 Å². The van der Waals surface area contributed by atoms with Crippen molar-refractivity contribution < 1.29 is 19.1 Å². The minimum atomic E-state index is -1.09. The zero-order valence-corrected chi connectivity index (χ0v) is 13.0. The minimum absolute atomic E-state index is 0.145. The van der Waals surface area contributed by atoms with E-state index in [-0.39, 0.29) is 13.2 Å². The van der Waals surface area contributed by atoms with Crippen molar-refractivity contribution in [3.8, 4) is 17.6 Å². The third kappa shape index (κ3) is 2.57. The number of nitriles is 1. The van der Waals surface area contributed by atoms with Gasteiger partial charge >= 0.3 is 0 Å². The number of carbonyl (C=O) groups excluding carboxylic acids is 2. The van der Waals surface area contributed by atoms with E-state index in [1.165, 1.54) is 0 Å². The molecule has 0 fully saturated rings. The van der Waals surface area contributed by atoms with E-state index in [1.54, 1.807) is 32.0 Å². The highest BCUT2D eigenvalue weighted by atomic mass is 16.7. The Hall–Kier alpha value is -2.35. The van der Waals surface area contributed by atoms with Crippen LogP contribution in [0.4, 0.5) is 0 Å². The minimum Gasteiger partial charge on any atom is -0.454 e. The van der Waals surface area contributed by atoms with E-state index in [9.17, 15) is 14.9 Å². The van der Waals surface area contributed by atoms with Crippen LogP contribution in [-0.4, -0.2) is 18.4 Å². The average Bonchev–Trinajstić information content (AvgIpc) is 3.01. The van der Waals surface area contributed by atoms with Crippen LogP contribution in [0.5, 0.6) is 11.5 Å². The number of carbonyl (C=O) groups is 2. The molecule has 2 unspecified atom stereocenters. The molecule has 1 aromatic rings. The predicted octanol–water partition coefficient (Wildman–Crippen LogP) is 2.77. The van der Waals surface area contributed by atoms with Crippen molar-refractivity contribution in [3.05, 3.63) is 23.8 Å². The molecule has 1 aliphatic heterocycles. The third-order valence-corrected chi connectivity index (χ3v) is 4.22. The van der Waals surface area contributed by atoms with E-state index < -0.39 is 22.9 Å². The van der Waals surface area contributed by atoms with Gasteiger partial charge in [-0.15, -0.1) is 0 Å². The van der Waals surface area contributed by atoms with Crippen LogP contribution >= 0.6 is 0 Å². The molecule has 0 amide bonds. The first kappa shape index (κ1) is 16.0. The number of fused-ring (bicyclic) bond motifs is 1. The van der Waals surface area contributed by atoms with Crippen LogP contribution in [0.1, 0.15) is 39.2 Å². The SMILES string of the molecule is CCC(=O)C(=O)C(CC)C(C)(C#N)c1ccc2c(c1)OCO2.